The van der Waals surface area contributed by atoms with E-state index in [1.165, 1.54) is 19.3 Å². The SMILES string of the molecule is O=C(Nc1nn(Cc2ccc(Cl)cc2)cc1Br)c1cn(-c2ccccc2)nc1C12CC3CC(CC(C3)C1)C2. The zero-order chi connectivity index (χ0) is 25.9. The zero-order valence-corrected chi connectivity index (χ0v) is 23.3. The van der Waals surface area contributed by atoms with Crippen LogP contribution in [0.2, 0.25) is 5.02 Å². The van der Waals surface area contributed by atoms with Gasteiger partial charge in [-0.25, -0.2) is 4.68 Å². The molecule has 2 heterocycles. The van der Waals surface area contributed by atoms with Gasteiger partial charge in [-0.1, -0.05) is 41.9 Å². The third-order valence-electron chi connectivity index (χ3n) is 8.73. The maximum atomic E-state index is 13.9. The van der Waals surface area contributed by atoms with Gasteiger partial charge in [-0.15, -0.1) is 0 Å². The van der Waals surface area contributed by atoms with E-state index < -0.39 is 0 Å². The molecule has 0 atom stereocenters. The molecule has 2 aromatic heterocycles. The van der Waals surface area contributed by atoms with Crippen LogP contribution < -0.4 is 5.32 Å². The van der Waals surface area contributed by atoms with Crippen LogP contribution >= 0.6 is 27.5 Å². The number of amides is 1. The van der Waals surface area contributed by atoms with Crippen LogP contribution in [0.25, 0.3) is 5.69 Å². The van der Waals surface area contributed by atoms with Gasteiger partial charge >= 0.3 is 0 Å². The molecule has 4 aromatic rings. The first kappa shape index (κ1) is 24.2. The van der Waals surface area contributed by atoms with Crippen LogP contribution in [-0.4, -0.2) is 25.5 Å². The predicted octanol–water partition coefficient (Wildman–Crippen LogP) is 7.25. The molecule has 194 valence electrons. The maximum absolute atomic E-state index is 13.9. The lowest BCUT2D eigenvalue weighted by Crippen LogP contribution is -2.49. The highest BCUT2D eigenvalue weighted by Crippen LogP contribution is 2.61. The molecule has 0 radical (unpaired) electrons. The number of hydrogen-bond donors (Lipinski definition) is 1. The number of nitrogens with one attached hydrogen (secondary N) is 1. The smallest absolute Gasteiger partial charge is 0.260 e. The normalized spacial score (nSPS) is 25.6. The molecule has 0 aliphatic heterocycles. The summed E-state index contributed by atoms with van der Waals surface area (Å²) < 4.78 is 4.44. The molecule has 6 nitrogen and oxygen atoms in total. The van der Waals surface area contributed by atoms with Crippen LogP contribution in [0, 0.1) is 17.8 Å². The minimum Gasteiger partial charge on any atom is -0.304 e. The third-order valence-corrected chi connectivity index (χ3v) is 9.56. The van der Waals surface area contributed by atoms with Crippen LogP contribution in [0.15, 0.2) is 71.5 Å². The monoisotopic (exact) mass is 589 g/mol. The van der Waals surface area contributed by atoms with Gasteiger partial charge in [-0.05, 0) is 102 Å². The van der Waals surface area contributed by atoms with Crippen molar-refractivity contribution in [3.05, 3.63) is 93.3 Å². The average molecular weight is 591 g/mol. The number of anilines is 1. The van der Waals surface area contributed by atoms with Gasteiger partial charge in [0.15, 0.2) is 5.82 Å². The zero-order valence-electron chi connectivity index (χ0n) is 21.0. The lowest BCUT2D eigenvalue weighted by molar-refractivity contribution is -0.00765. The van der Waals surface area contributed by atoms with E-state index >= 15 is 0 Å². The Kier molecular flexibility index (Phi) is 5.97. The molecule has 0 spiro atoms. The van der Waals surface area contributed by atoms with Gasteiger partial charge < -0.3 is 5.32 Å². The van der Waals surface area contributed by atoms with Crippen molar-refractivity contribution in [3.63, 3.8) is 0 Å². The maximum Gasteiger partial charge on any atom is 0.260 e. The number of carbonyl (C=O) groups is 1. The van der Waals surface area contributed by atoms with Gasteiger partial charge in [0.1, 0.15) is 0 Å². The van der Waals surface area contributed by atoms with E-state index in [1.54, 1.807) is 0 Å². The molecule has 4 fully saturated rings. The fourth-order valence-electron chi connectivity index (χ4n) is 7.56. The van der Waals surface area contributed by atoms with Gasteiger partial charge in [-0.2, -0.15) is 10.2 Å². The molecule has 4 aliphatic carbocycles. The molecule has 4 saturated carbocycles. The molecule has 8 heteroatoms. The minimum atomic E-state index is -0.157. The molecular weight excluding hydrogens is 562 g/mol. The van der Waals surface area contributed by atoms with Crippen LogP contribution in [-0.2, 0) is 12.0 Å². The summed E-state index contributed by atoms with van der Waals surface area (Å²) in [6, 6.07) is 17.8. The number of carbonyl (C=O) groups excluding carboxylic acids is 1. The molecule has 2 aromatic carbocycles. The fourth-order valence-corrected chi connectivity index (χ4v) is 8.10. The van der Waals surface area contributed by atoms with Crippen LogP contribution in [0.5, 0.6) is 0 Å². The van der Waals surface area contributed by atoms with Crippen molar-refractivity contribution in [1.29, 1.82) is 0 Å². The van der Waals surface area contributed by atoms with E-state index in [4.69, 9.17) is 16.7 Å². The van der Waals surface area contributed by atoms with Crippen molar-refractivity contribution >= 4 is 39.3 Å². The summed E-state index contributed by atoms with van der Waals surface area (Å²) in [5.74, 6) is 2.63. The van der Waals surface area contributed by atoms with E-state index in [0.717, 1.165) is 58.4 Å². The Morgan fingerprint density at radius 1 is 0.947 bits per heavy atom. The molecule has 1 amide bonds. The second-order valence-electron chi connectivity index (χ2n) is 11.5. The second kappa shape index (κ2) is 9.38. The Bertz CT molecular complexity index is 1460. The van der Waals surface area contributed by atoms with E-state index in [-0.39, 0.29) is 11.3 Å². The first-order valence-electron chi connectivity index (χ1n) is 13.4. The molecule has 0 saturated heterocycles. The lowest BCUT2D eigenvalue weighted by atomic mass is 9.48. The van der Waals surface area contributed by atoms with Crippen LogP contribution in [0.4, 0.5) is 5.82 Å². The molecule has 4 aliphatic rings. The highest BCUT2D eigenvalue weighted by Gasteiger charge is 2.54. The quantitative estimate of drug-likeness (QED) is 0.257. The second-order valence-corrected chi connectivity index (χ2v) is 12.8. The van der Waals surface area contributed by atoms with Crippen molar-refractivity contribution < 1.29 is 4.79 Å². The third kappa shape index (κ3) is 4.39. The van der Waals surface area contributed by atoms with Gasteiger partial charge in [0.2, 0.25) is 0 Å². The van der Waals surface area contributed by atoms with E-state index in [2.05, 4.69) is 26.3 Å². The summed E-state index contributed by atoms with van der Waals surface area (Å²) in [6.45, 7) is 0.579. The Labute approximate surface area is 235 Å². The van der Waals surface area contributed by atoms with Crippen LogP contribution in [0.3, 0.4) is 0 Å². The highest BCUT2D eigenvalue weighted by molar-refractivity contribution is 9.10. The first-order valence-corrected chi connectivity index (χ1v) is 14.6. The molecule has 8 rings (SSSR count). The molecule has 1 N–H and O–H groups in total. The van der Waals surface area contributed by atoms with E-state index in [1.807, 2.05) is 76.4 Å². The summed E-state index contributed by atoms with van der Waals surface area (Å²) in [5.41, 5.74) is 3.66. The number of halogens is 2. The first-order chi connectivity index (χ1) is 18.4. The number of para-hydroxylation sites is 1. The summed E-state index contributed by atoms with van der Waals surface area (Å²) in [4.78, 5) is 13.9. The van der Waals surface area contributed by atoms with Crippen molar-refractivity contribution in [2.75, 3.05) is 5.32 Å². The Hall–Kier alpha value is -2.90. The summed E-state index contributed by atoms with van der Waals surface area (Å²) >= 11 is 9.62. The predicted molar refractivity (Wildman–Crippen MR) is 152 cm³/mol. The number of hydrogen-bond acceptors (Lipinski definition) is 3. The summed E-state index contributed by atoms with van der Waals surface area (Å²) in [6.07, 6.45) is 11.3. The number of nitrogens with zero attached hydrogens (tertiary/aromatic N) is 4. The Balaban J connectivity index is 1.21. The Morgan fingerprint density at radius 2 is 1.61 bits per heavy atom. The number of benzene rings is 2. The molecule has 0 unspecified atom stereocenters. The average Bonchev–Trinajstić information content (AvgIpc) is 3.50. The van der Waals surface area contributed by atoms with Gasteiger partial charge in [0, 0.05) is 22.8 Å². The van der Waals surface area contributed by atoms with Gasteiger partial charge in [-0.3, -0.25) is 9.48 Å². The van der Waals surface area contributed by atoms with Gasteiger partial charge in [0.25, 0.3) is 5.91 Å². The van der Waals surface area contributed by atoms with Crippen molar-refractivity contribution in [2.45, 2.75) is 50.5 Å². The van der Waals surface area contributed by atoms with E-state index in [0.29, 0.717) is 22.9 Å². The highest BCUT2D eigenvalue weighted by atomic mass is 79.9. The molecule has 38 heavy (non-hydrogen) atoms. The van der Waals surface area contributed by atoms with Crippen molar-refractivity contribution in [2.24, 2.45) is 17.8 Å². The molecular formula is C30H29BrClN5O. The van der Waals surface area contributed by atoms with E-state index in [9.17, 15) is 4.79 Å². The minimum absolute atomic E-state index is 0.00731. The van der Waals surface area contributed by atoms with Crippen molar-refractivity contribution in [3.8, 4) is 5.69 Å². The summed E-state index contributed by atoms with van der Waals surface area (Å²) in [7, 11) is 0. The fraction of sp³-hybridized carbons (Fsp3) is 0.367. The number of aromatic nitrogens is 4. The molecule has 4 bridgehead atoms. The van der Waals surface area contributed by atoms with Gasteiger partial charge in [0.05, 0.1) is 28.0 Å². The summed E-state index contributed by atoms with van der Waals surface area (Å²) in [5, 5.41) is 13.6. The topological polar surface area (TPSA) is 64.7 Å². The van der Waals surface area contributed by atoms with Crippen LogP contribution in [0.1, 0.15) is 60.1 Å². The lowest BCUT2D eigenvalue weighted by Gasteiger charge is -2.56. The number of rotatable bonds is 6. The Morgan fingerprint density at radius 3 is 2.26 bits per heavy atom. The standard InChI is InChI=1S/C30H29BrClN5O/c31-26-18-36(16-19-6-8-23(32)9-7-19)35-28(26)33-29(38)25-17-37(24-4-2-1-3-5-24)34-27(25)30-13-20-10-21(14-30)12-22(11-20)15-30/h1-9,17-18,20-22H,10-16H2,(H,33,35,38). The van der Waals surface area contributed by atoms with Crippen molar-refractivity contribution in [1.82, 2.24) is 19.6 Å². The largest absolute Gasteiger partial charge is 0.304 e.